The van der Waals surface area contributed by atoms with Crippen LogP contribution in [0.2, 0.25) is 0 Å². The lowest BCUT2D eigenvalue weighted by Crippen LogP contribution is -2.59. The van der Waals surface area contributed by atoms with Gasteiger partial charge in [0.25, 0.3) is 0 Å². The first-order valence-electron chi connectivity index (χ1n) is 25.8. The second kappa shape index (κ2) is 42.4. The molecule has 6 atom stereocenters. The Morgan fingerprint density at radius 3 is 1.30 bits per heavy atom. The Bertz CT molecular complexity index is 1010. The highest BCUT2D eigenvalue weighted by Gasteiger charge is 2.44. The lowest BCUT2D eigenvalue weighted by Gasteiger charge is -2.39. The standard InChI is InChI=1S/C51H96O10/c1-3-5-7-9-11-13-15-17-18-19-20-21-22-23-24-25-26-28-29-31-33-35-37-39-46(53)58-42-44(43-59-51-50(57)49(56)48(55)45(41-52)61-51)60-47(54)40-38-36-34-32-30-27-16-14-12-10-8-6-4-2/h14,16,44-45,48-52,55-57H,3-13,15,17-43H2,1-2H3/b16-14-. The van der Waals surface area contributed by atoms with Crippen LogP contribution < -0.4 is 0 Å². The molecule has 360 valence electrons. The first-order chi connectivity index (χ1) is 29.8. The number of esters is 2. The van der Waals surface area contributed by atoms with E-state index in [4.69, 9.17) is 18.9 Å². The van der Waals surface area contributed by atoms with Gasteiger partial charge in [0.1, 0.15) is 31.0 Å². The molecule has 4 N–H and O–H groups in total. The summed E-state index contributed by atoms with van der Waals surface area (Å²) in [5.41, 5.74) is 0. The summed E-state index contributed by atoms with van der Waals surface area (Å²) in [6.45, 7) is 3.44. The summed E-state index contributed by atoms with van der Waals surface area (Å²) in [7, 11) is 0. The fourth-order valence-corrected chi connectivity index (χ4v) is 8.07. The Morgan fingerprint density at radius 2 is 0.869 bits per heavy atom. The first kappa shape index (κ1) is 57.5. The molecular weight excluding hydrogens is 773 g/mol. The Kier molecular flexibility index (Phi) is 39.9. The molecule has 0 aromatic heterocycles. The van der Waals surface area contributed by atoms with E-state index < -0.39 is 49.4 Å². The van der Waals surface area contributed by atoms with Gasteiger partial charge in [-0.05, 0) is 38.5 Å². The molecular formula is C51H96O10. The molecule has 0 spiro atoms. The summed E-state index contributed by atoms with van der Waals surface area (Å²) in [5, 5.41) is 40.1. The Hall–Kier alpha value is -1.56. The van der Waals surface area contributed by atoms with E-state index in [9.17, 15) is 30.0 Å². The molecule has 0 radical (unpaired) electrons. The van der Waals surface area contributed by atoms with E-state index in [1.54, 1.807) is 0 Å². The SMILES string of the molecule is CCCCCC/C=C\CCCCCCCC(=O)OC(COC(=O)CCCCCCCCCCCCCCCCCCCCCCCCC)COC1OC(CO)C(O)C(O)C1O. The number of carbonyl (C=O) groups is 2. The van der Waals surface area contributed by atoms with Crippen LogP contribution in [0, 0.1) is 0 Å². The number of unbranched alkanes of at least 4 members (excludes halogenated alkanes) is 31. The first-order valence-corrected chi connectivity index (χ1v) is 25.8. The minimum atomic E-state index is -1.59. The predicted molar refractivity (Wildman–Crippen MR) is 247 cm³/mol. The van der Waals surface area contributed by atoms with E-state index in [0.29, 0.717) is 6.42 Å². The van der Waals surface area contributed by atoms with Crippen LogP contribution in [-0.4, -0.2) is 89.0 Å². The zero-order valence-electron chi connectivity index (χ0n) is 39.4. The lowest BCUT2D eigenvalue weighted by molar-refractivity contribution is -0.305. The molecule has 0 saturated carbocycles. The van der Waals surface area contributed by atoms with E-state index in [-0.39, 0.29) is 32.0 Å². The number of ether oxygens (including phenoxy) is 4. The highest BCUT2D eigenvalue weighted by Crippen LogP contribution is 2.23. The number of rotatable bonds is 44. The largest absolute Gasteiger partial charge is 0.462 e. The van der Waals surface area contributed by atoms with Gasteiger partial charge < -0.3 is 39.4 Å². The van der Waals surface area contributed by atoms with E-state index in [1.165, 1.54) is 154 Å². The second-order valence-corrected chi connectivity index (χ2v) is 18.0. The monoisotopic (exact) mass is 869 g/mol. The molecule has 61 heavy (non-hydrogen) atoms. The molecule has 1 aliphatic heterocycles. The van der Waals surface area contributed by atoms with Gasteiger partial charge in [-0.3, -0.25) is 9.59 Å². The van der Waals surface area contributed by atoms with Gasteiger partial charge >= 0.3 is 11.9 Å². The van der Waals surface area contributed by atoms with Gasteiger partial charge in [-0.2, -0.15) is 0 Å². The average Bonchev–Trinajstić information content (AvgIpc) is 3.26. The minimum absolute atomic E-state index is 0.215. The van der Waals surface area contributed by atoms with Crippen molar-refractivity contribution in [3.8, 4) is 0 Å². The van der Waals surface area contributed by atoms with E-state index in [0.717, 1.165) is 57.8 Å². The molecule has 0 bridgehead atoms. The van der Waals surface area contributed by atoms with E-state index in [2.05, 4.69) is 26.0 Å². The van der Waals surface area contributed by atoms with Crippen molar-refractivity contribution in [3.05, 3.63) is 12.2 Å². The second-order valence-electron chi connectivity index (χ2n) is 18.0. The molecule has 1 fully saturated rings. The number of carbonyl (C=O) groups excluding carboxylic acids is 2. The lowest BCUT2D eigenvalue weighted by atomic mass is 9.99. The maximum Gasteiger partial charge on any atom is 0.306 e. The van der Waals surface area contributed by atoms with Crippen LogP contribution in [0.25, 0.3) is 0 Å². The van der Waals surface area contributed by atoms with Crippen LogP contribution in [-0.2, 0) is 28.5 Å². The van der Waals surface area contributed by atoms with Crippen molar-refractivity contribution in [3.63, 3.8) is 0 Å². The normalized spacial score (nSPS) is 19.7. The summed E-state index contributed by atoms with van der Waals surface area (Å²) >= 11 is 0. The number of aliphatic hydroxyl groups is 4. The summed E-state index contributed by atoms with van der Waals surface area (Å²) in [6, 6.07) is 0. The molecule has 0 aliphatic carbocycles. The van der Waals surface area contributed by atoms with Crippen molar-refractivity contribution < 1.29 is 49.0 Å². The van der Waals surface area contributed by atoms with Gasteiger partial charge in [0.2, 0.25) is 0 Å². The van der Waals surface area contributed by atoms with Gasteiger partial charge in [0.15, 0.2) is 12.4 Å². The Balaban J connectivity index is 2.20. The zero-order valence-corrected chi connectivity index (χ0v) is 39.4. The highest BCUT2D eigenvalue weighted by molar-refractivity contribution is 5.70. The molecule has 6 unspecified atom stereocenters. The van der Waals surface area contributed by atoms with Gasteiger partial charge in [0, 0.05) is 12.8 Å². The van der Waals surface area contributed by atoms with Gasteiger partial charge in [-0.1, -0.05) is 206 Å². The van der Waals surface area contributed by atoms with E-state index in [1.807, 2.05) is 0 Å². The third-order valence-electron chi connectivity index (χ3n) is 12.2. The van der Waals surface area contributed by atoms with Crippen molar-refractivity contribution in [2.45, 2.75) is 282 Å². The van der Waals surface area contributed by atoms with Crippen molar-refractivity contribution in [1.82, 2.24) is 0 Å². The number of hydrogen-bond acceptors (Lipinski definition) is 10. The number of allylic oxidation sites excluding steroid dienone is 2. The molecule has 10 heteroatoms. The van der Waals surface area contributed by atoms with Crippen LogP contribution >= 0.6 is 0 Å². The molecule has 1 heterocycles. The average molecular weight is 869 g/mol. The number of aliphatic hydroxyl groups excluding tert-OH is 4. The summed E-state index contributed by atoms with van der Waals surface area (Å²) in [4.78, 5) is 25.4. The molecule has 0 aromatic rings. The predicted octanol–water partition coefficient (Wildman–Crippen LogP) is 11.9. The summed E-state index contributed by atoms with van der Waals surface area (Å²) < 4.78 is 22.2. The third kappa shape index (κ3) is 33.6. The Labute approximate surface area is 373 Å². The van der Waals surface area contributed by atoms with Crippen LogP contribution in [0.5, 0.6) is 0 Å². The fourth-order valence-electron chi connectivity index (χ4n) is 8.07. The van der Waals surface area contributed by atoms with Crippen LogP contribution in [0.1, 0.15) is 245 Å². The molecule has 10 nitrogen and oxygen atoms in total. The van der Waals surface area contributed by atoms with Gasteiger partial charge in [-0.15, -0.1) is 0 Å². The fraction of sp³-hybridized carbons (Fsp3) is 0.922. The topological polar surface area (TPSA) is 152 Å². The summed E-state index contributed by atoms with van der Waals surface area (Å²) in [5.74, 6) is -0.803. The molecule has 0 aromatic carbocycles. The third-order valence-corrected chi connectivity index (χ3v) is 12.2. The number of hydrogen-bond donors (Lipinski definition) is 4. The van der Waals surface area contributed by atoms with Gasteiger partial charge in [-0.25, -0.2) is 0 Å². The van der Waals surface area contributed by atoms with Crippen molar-refractivity contribution in [2.24, 2.45) is 0 Å². The zero-order chi connectivity index (χ0) is 44.4. The van der Waals surface area contributed by atoms with Gasteiger partial charge in [0.05, 0.1) is 13.2 Å². The molecule has 0 amide bonds. The van der Waals surface area contributed by atoms with Crippen molar-refractivity contribution in [1.29, 1.82) is 0 Å². The maximum absolute atomic E-state index is 12.8. The molecule has 1 aliphatic rings. The van der Waals surface area contributed by atoms with Crippen LogP contribution in [0.4, 0.5) is 0 Å². The smallest absolute Gasteiger partial charge is 0.306 e. The maximum atomic E-state index is 12.8. The Morgan fingerprint density at radius 1 is 0.492 bits per heavy atom. The molecule has 1 rings (SSSR count). The van der Waals surface area contributed by atoms with Crippen LogP contribution in [0.3, 0.4) is 0 Å². The molecule has 1 saturated heterocycles. The van der Waals surface area contributed by atoms with Crippen molar-refractivity contribution in [2.75, 3.05) is 19.8 Å². The quantitative estimate of drug-likeness (QED) is 0.0264. The highest BCUT2D eigenvalue weighted by atomic mass is 16.7. The van der Waals surface area contributed by atoms with Crippen LogP contribution in [0.15, 0.2) is 12.2 Å². The minimum Gasteiger partial charge on any atom is -0.462 e. The van der Waals surface area contributed by atoms with E-state index >= 15 is 0 Å². The van der Waals surface area contributed by atoms with Crippen molar-refractivity contribution >= 4 is 11.9 Å². The summed E-state index contributed by atoms with van der Waals surface area (Å²) in [6.07, 6.45) is 39.4.